The van der Waals surface area contributed by atoms with Crippen LogP contribution in [0, 0.1) is 0 Å². The summed E-state index contributed by atoms with van der Waals surface area (Å²) in [6.45, 7) is 7.47. The maximum absolute atomic E-state index is 6.06. The molecule has 2 aromatic rings. The fourth-order valence-electron chi connectivity index (χ4n) is 1.86. The Morgan fingerprint density at radius 1 is 0.952 bits per heavy atom. The van der Waals surface area contributed by atoms with Crippen molar-refractivity contribution in [1.29, 1.82) is 0 Å². The zero-order chi connectivity index (χ0) is 15.2. The van der Waals surface area contributed by atoms with Crippen LogP contribution in [-0.4, -0.2) is 13.0 Å². The Labute approximate surface area is 125 Å². The second-order valence-corrected chi connectivity index (χ2v) is 4.62. The van der Waals surface area contributed by atoms with Crippen LogP contribution >= 0.6 is 0 Å². The smallest absolute Gasteiger partial charge is 0.200 e. The Kier molecular flexibility index (Phi) is 4.57. The summed E-state index contributed by atoms with van der Waals surface area (Å²) in [5, 5.41) is 0. The van der Waals surface area contributed by atoms with Crippen molar-refractivity contribution in [2.75, 3.05) is 11.9 Å². The molecule has 2 N–H and O–H groups in total. The van der Waals surface area contributed by atoms with E-state index < -0.39 is 0 Å². The van der Waals surface area contributed by atoms with Crippen LogP contribution in [0.3, 0.4) is 0 Å². The van der Waals surface area contributed by atoms with Crippen molar-refractivity contribution in [2.45, 2.75) is 0 Å². The molecular formula is C18H19N3. The number of rotatable bonds is 4. The van der Waals surface area contributed by atoms with Crippen LogP contribution in [0.15, 0.2) is 66.7 Å². The summed E-state index contributed by atoms with van der Waals surface area (Å²) in [5.74, 6) is 0.438. The fraction of sp³-hybridized carbons (Fsp3) is 0.0556. The van der Waals surface area contributed by atoms with Crippen molar-refractivity contribution in [3.05, 3.63) is 72.8 Å². The molecule has 2 rings (SSSR count). The number of benzene rings is 2. The van der Waals surface area contributed by atoms with Gasteiger partial charge in [-0.25, -0.2) is 4.99 Å². The third kappa shape index (κ3) is 3.60. The number of hydrogen-bond donors (Lipinski definition) is 1. The normalized spacial score (nSPS) is 11.0. The minimum absolute atomic E-state index is 0.438. The van der Waals surface area contributed by atoms with Gasteiger partial charge in [0.05, 0.1) is 5.69 Å². The first-order chi connectivity index (χ1) is 10.1. The van der Waals surface area contributed by atoms with Gasteiger partial charge in [0.1, 0.15) is 0 Å². The third-order valence-corrected chi connectivity index (χ3v) is 3.23. The van der Waals surface area contributed by atoms with E-state index in [4.69, 9.17) is 5.73 Å². The summed E-state index contributed by atoms with van der Waals surface area (Å²) in [4.78, 5) is 6.26. The molecule has 0 aromatic heterocycles. The van der Waals surface area contributed by atoms with Gasteiger partial charge in [0.2, 0.25) is 5.96 Å². The first-order valence-corrected chi connectivity index (χ1v) is 6.67. The molecule has 0 saturated carbocycles. The van der Waals surface area contributed by atoms with E-state index in [0.29, 0.717) is 5.96 Å². The molecule has 3 heteroatoms. The number of hydrogen-bond acceptors (Lipinski definition) is 1. The Hall–Kier alpha value is -2.81. The Bertz CT molecular complexity index is 652. The summed E-state index contributed by atoms with van der Waals surface area (Å²) < 4.78 is 0. The van der Waals surface area contributed by atoms with Crippen LogP contribution in [0.2, 0.25) is 0 Å². The number of nitrogens with zero attached hydrogens (tertiary/aromatic N) is 2. The van der Waals surface area contributed by atoms with E-state index in [2.05, 4.69) is 18.2 Å². The highest BCUT2D eigenvalue weighted by atomic mass is 15.2. The average molecular weight is 277 g/mol. The molecular weight excluding hydrogens is 258 g/mol. The lowest BCUT2D eigenvalue weighted by Crippen LogP contribution is -2.33. The van der Waals surface area contributed by atoms with E-state index in [0.717, 1.165) is 22.5 Å². The van der Waals surface area contributed by atoms with E-state index in [9.17, 15) is 0 Å². The maximum atomic E-state index is 6.06. The van der Waals surface area contributed by atoms with Gasteiger partial charge in [-0.1, -0.05) is 49.6 Å². The quantitative estimate of drug-likeness (QED) is 0.676. The molecule has 0 aliphatic carbocycles. The van der Waals surface area contributed by atoms with Crippen LogP contribution < -0.4 is 10.6 Å². The van der Waals surface area contributed by atoms with Gasteiger partial charge < -0.3 is 10.6 Å². The molecule has 0 bridgehead atoms. The molecule has 0 fully saturated rings. The molecule has 0 aliphatic rings. The average Bonchev–Trinajstić information content (AvgIpc) is 2.55. The van der Waals surface area contributed by atoms with Crippen molar-refractivity contribution in [1.82, 2.24) is 0 Å². The minimum Gasteiger partial charge on any atom is -0.369 e. The van der Waals surface area contributed by atoms with Gasteiger partial charge in [0.15, 0.2) is 0 Å². The first kappa shape index (κ1) is 14.6. The molecule has 3 nitrogen and oxygen atoms in total. The number of anilines is 1. The van der Waals surface area contributed by atoms with Crippen LogP contribution in [-0.2, 0) is 0 Å². The van der Waals surface area contributed by atoms with E-state index in [-0.39, 0.29) is 0 Å². The van der Waals surface area contributed by atoms with Gasteiger partial charge in [-0.05, 0) is 35.4 Å². The topological polar surface area (TPSA) is 41.6 Å². The van der Waals surface area contributed by atoms with E-state index in [1.807, 2.05) is 66.6 Å². The molecule has 0 atom stereocenters. The Morgan fingerprint density at radius 2 is 1.43 bits per heavy atom. The van der Waals surface area contributed by atoms with E-state index >= 15 is 0 Å². The maximum Gasteiger partial charge on any atom is 0.200 e. The highest BCUT2D eigenvalue weighted by molar-refractivity contribution is 5.96. The first-order valence-electron chi connectivity index (χ1n) is 6.67. The van der Waals surface area contributed by atoms with Crippen molar-refractivity contribution < 1.29 is 0 Å². The largest absolute Gasteiger partial charge is 0.369 e. The zero-order valence-corrected chi connectivity index (χ0v) is 12.2. The summed E-state index contributed by atoms with van der Waals surface area (Å²) in [6, 6.07) is 15.7. The van der Waals surface area contributed by atoms with Gasteiger partial charge in [0, 0.05) is 12.7 Å². The number of aliphatic imine (C=N–C) groups is 1. The Morgan fingerprint density at radius 3 is 1.90 bits per heavy atom. The summed E-state index contributed by atoms with van der Waals surface area (Å²) in [6.07, 6.45) is 3.60. The van der Waals surface area contributed by atoms with Gasteiger partial charge in [0.25, 0.3) is 0 Å². The van der Waals surface area contributed by atoms with Crippen LogP contribution in [0.5, 0.6) is 0 Å². The fourth-order valence-corrected chi connectivity index (χ4v) is 1.86. The predicted octanol–water partition coefficient (Wildman–Crippen LogP) is 4.06. The highest BCUT2D eigenvalue weighted by Crippen LogP contribution is 2.17. The van der Waals surface area contributed by atoms with Crippen LogP contribution in [0.4, 0.5) is 11.4 Å². The van der Waals surface area contributed by atoms with Crippen molar-refractivity contribution >= 4 is 29.5 Å². The van der Waals surface area contributed by atoms with Crippen molar-refractivity contribution in [3.8, 4) is 0 Å². The molecule has 0 spiro atoms. The van der Waals surface area contributed by atoms with Crippen molar-refractivity contribution in [2.24, 2.45) is 10.7 Å². The third-order valence-electron chi connectivity index (χ3n) is 3.23. The number of nitrogens with two attached hydrogens (primary N) is 1. The summed E-state index contributed by atoms with van der Waals surface area (Å²) in [7, 11) is 1.89. The monoisotopic (exact) mass is 277 g/mol. The lowest BCUT2D eigenvalue weighted by molar-refractivity contribution is 1.22. The Balaban J connectivity index is 2.19. The van der Waals surface area contributed by atoms with Gasteiger partial charge >= 0.3 is 0 Å². The lowest BCUT2D eigenvalue weighted by atomic mass is 10.2. The van der Waals surface area contributed by atoms with E-state index in [1.165, 1.54) is 0 Å². The molecule has 0 aliphatic heterocycles. The predicted molar refractivity (Wildman–Crippen MR) is 92.8 cm³/mol. The number of guanidine groups is 1. The molecule has 0 unspecified atom stereocenters. The van der Waals surface area contributed by atoms with Crippen LogP contribution in [0.1, 0.15) is 11.1 Å². The zero-order valence-electron chi connectivity index (χ0n) is 12.2. The molecule has 0 saturated heterocycles. The lowest BCUT2D eigenvalue weighted by Gasteiger charge is -2.18. The molecule has 21 heavy (non-hydrogen) atoms. The summed E-state index contributed by atoms with van der Waals surface area (Å²) >= 11 is 0. The second kappa shape index (κ2) is 6.57. The molecule has 0 radical (unpaired) electrons. The van der Waals surface area contributed by atoms with E-state index in [1.54, 1.807) is 6.08 Å². The highest BCUT2D eigenvalue weighted by Gasteiger charge is 2.05. The molecule has 0 heterocycles. The minimum atomic E-state index is 0.438. The van der Waals surface area contributed by atoms with Crippen molar-refractivity contribution in [3.63, 3.8) is 0 Å². The van der Waals surface area contributed by atoms with Crippen LogP contribution in [0.25, 0.3) is 12.2 Å². The molecule has 106 valence electrons. The summed E-state index contributed by atoms with van der Waals surface area (Å²) in [5.41, 5.74) is 9.98. The molecule has 2 aromatic carbocycles. The van der Waals surface area contributed by atoms with Gasteiger partial charge in [-0.2, -0.15) is 0 Å². The second-order valence-electron chi connectivity index (χ2n) is 4.62. The SMILES string of the molecule is C=Cc1ccc(N=C(N)N(C)c2ccc(C=C)cc2)cc1. The van der Waals surface area contributed by atoms with Gasteiger partial charge in [-0.3, -0.25) is 0 Å². The molecule has 0 amide bonds. The van der Waals surface area contributed by atoms with Gasteiger partial charge in [-0.15, -0.1) is 0 Å². The standard InChI is InChI=1S/C18H19N3/c1-4-14-6-10-16(11-7-14)20-18(19)21(3)17-12-8-15(5-2)9-13-17/h4-13H,1-2H2,3H3,(H2,19,20).